The lowest BCUT2D eigenvalue weighted by Gasteiger charge is -2.16. The molecule has 0 radical (unpaired) electrons. The molecule has 2 aromatic carbocycles. The summed E-state index contributed by atoms with van der Waals surface area (Å²) >= 11 is 4.28. The number of thiol groups is 1. The summed E-state index contributed by atoms with van der Waals surface area (Å²) in [5.74, 6) is 1.51. The maximum Gasteiger partial charge on any atom is 0.119 e. The van der Waals surface area contributed by atoms with Crippen LogP contribution in [0.5, 0.6) is 5.75 Å². The van der Waals surface area contributed by atoms with Gasteiger partial charge in [-0.2, -0.15) is 5.26 Å². The summed E-state index contributed by atoms with van der Waals surface area (Å²) in [6.45, 7) is 4.02. The van der Waals surface area contributed by atoms with Crippen molar-refractivity contribution in [3.8, 4) is 11.8 Å². The molecule has 124 valence electrons. The molecule has 1 aliphatic rings. The molecule has 1 atom stereocenters. The first kappa shape index (κ1) is 16.9. The molecule has 0 saturated carbocycles. The largest absolute Gasteiger partial charge is 0.493 e. The Hall–Kier alpha value is -1.96. The van der Waals surface area contributed by atoms with Gasteiger partial charge in [-0.05, 0) is 61.3 Å². The van der Waals surface area contributed by atoms with Crippen molar-refractivity contribution in [3.05, 3.63) is 59.7 Å². The molecule has 4 heteroatoms. The quantitative estimate of drug-likeness (QED) is 0.814. The highest BCUT2D eigenvalue weighted by Gasteiger charge is 2.22. The van der Waals surface area contributed by atoms with Gasteiger partial charge in [-0.15, -0.1) is 12.6 Å². The van der Waals surface area contributed by atoms with E-state index in [4.69, 9.17) is 10.00 Å². The van der Waals surface area contributed by atoms with Crippen LogP contribution in [-0.4, -0.2) is 31.1 Å². The lowest BCUT2D eigenvalue weighted by molar-refractivity contribution is 0.241. The van der Waals surface area contributed by atoms with Crippen LogP contribution in [0.15, 0.2) is 53.4 Å². The van der Waals surface area contributed by atoms with Crippen LogP contribution in [0.25, 0.3) is 0 Å². The van der Waals surface area contributed by atoms with Crippen molar-refractivity contribution in [2.45, 2.75) is 17.7 Å². The van der Waals surface area contributed by atoms with Gasteiger partial charge in [-0.1, -0.05) is 12.1 Å². The first-order valence-corrected chi connectivity index (χ1v) is 8.81. The summed E-state index contributed by atoms with van der Waals surface area (Å²) in [5, 5.41) is 8.97. The second-order valence-electron chi connectivity index (χ2n) is 6.32. The molecule has 2 aromatic rings. The van der Waals surface area contributed by atoms with E-state index in [1.807, 2.05) is 42.5 Å². The molecule has 1 unspecified atom stereocenters. The molecule has 3 rings (SSSR count). The van der Waals surface area contributed by atoms with Gasteiger partial charge >= 0.3 is 0 Å². The maximum absolute atomic E-state index is 8.97. The molecule has 1 heterocycles. The van der Waals surface area contributed by atoms with Crippen molar-refractivity contribution < 1.29 is 4.74 Å². The van der Waals surface area contributed by atoms with Gasteiger partial charge in [-0.3, -0.25) is 0 Å². The van der Waals surface area contributed by atoms with Crippen molar-refractivity contribution >= 4 is 12.6 Å². The molecule has 0 N–H and O–H groups in total. The Morgan fingerprint density at radius 2 is 2.04 bits per heavy atom. The Balaban J connectivity index is 1.42. The van der Waals surface area contributed by atoms with Gasteiger partial charge in [0.1, 0.15) is 5.75 Å². The monoisotopic (exact) mass is 338 g/mol. The normalized spacial score (nSPS) is 17.6. The third kappa shape index (κ3) is 4.77. The van der Waals surface area contributed by atoms with E-state index in [9.17, 15) is 0 Å². The standard InChI is InChI=1S/C20H22N2OS/c21-13-17-3-1-2-16(12-17)8-10-22-11-9-18(14-22)15-23-19-4-6-20(24)7-5-19/h1-7,12,18,24H,8-11,14-15H2. The van der Waals surface area contributed by atoms with E-state index in [1.54, 1.807) is 0 Å². The minimum atomic E-state index is 0.589. The van der Waals surface area contributed by atoms with Gasteiger partial charge in [-0.25, -0.2) is 0 Å². The Labute approximate surface area is 149 Å². The second-order valence-corrected chi connectivity index (χ2v) is 6.84. The van der Waals surface area contributed by atoms with Crippen molar-refractivity contribution in [3.63, 3.8) is 0 Å². The number of ether oxygens (including phenoxy) is 1. The smallest absolute Gasteiger partial charge is 0.119 e. The minimum absolute atomic E-state index is 0.589. The van der Waals surface area contributed by atoms with E-state index in [1.165, 1.54) is 12.0 Å². The number of benzene rings is 2. The third-order valence-electron chi connectivity index (χ3n) is 4.47. The molecule has 1 saturated heterocycles. The van der Waals surface area contributed by atoms with Gasteiger partial charge in [0.05, 0.1) is 18.2 Å². The third-order valence-corrected chi connectivity index (χ3v) is 4.76. The highest BCUT2D eigenvalue weighted by atomic mass is 32.1. The molecule has 1 aliphatic heterocycles. The van der Waals surface area contributed by atoms with E-state index in [-0.39, 0.29) is 0 Å². The molecule has 0 aliphatic carbocycles. The molecule has 0 spiro atoms. The van der Waals surface area contributed by atoms with Crippen molar-refractivity contribution in [1.82, 2.24) is 4.90 Å². The molecule has 0 amide bonds. The Bertz CT molecular complexity index is 708. The highest BCUT2D eigenvalue weighted by molar-refractivity contribution is 7.80. The maximum atomic E-state index is 8.97. The Morgan fingerprint density at radius 1 is 1.21 bits per heavy atom. The topological polar surface area (TPSA) is 36.3 Å². The first-order valence-electron chi connectivity index (χ1n) is 8.36. The average molecular weight is 338 g/mol. The number of rotatable bonds is 6. The van der Waals surface area contributed by atoms with Crippen LogP contribution in [0.4, 0.5) is 0 Å². The highest BCUT2D eigenvalue weighted by Crippen LogP contribution is 2.20. The predicted molar refractivity (Wildman–Crippen MR) is 98.6 cm³/mol. The predicted octanol–water partition coefficient (Wildman–Crippen LogP) is 3.79. The molecular formula is C20H22N2OS. The van der Waals surface area contributed by atoms with Gasteiger partial charge in [0.15, 0.2) is 0 Å². The van der Waals surface area contributed by atoms with E-state index in [2.05, 4.69) is 29.7 Å². The summed E-state index contributed by atoms with van der Waals surface area (Å²) in [5.41, 5.74) is 1.98. The van der Waals surface area contributed by atoms with Crippen LogP contribution in [0, 0.1) is 17.2 Å². The van der Waals surface area contributed by atoms with Crippen LogP contribution in [0.3, 0.4) is 0 Å². The number of hydrogen-bond donors (Lipinski definition) is 1. The lowest BCUT2D eigenvalue weighted by atomic mass is 10.1. The summed E-state index contributed by atoms with van der Waals surface area (Å²) in [7, 11) is 0. The Kier molecular flexibility index (Phi) is 5.79. The van der Waals surface area contributed by atoms with E-state index >= 15 is 0 Å². The average Bonchev–Trinajstić information content (AvgIpc) is 3.08. The van der Waals surface area contributed by atoms with Gasteiger partial charge in [0.25, 0.3) is 0 Å². The van der Waals surface area contributed by atoms with Gasteiger partial charge < -0.3 is 9.64 Å². The summed E-state index contributed by atoms with van der Waals surface area (Å²) in [4.78, 5) is 3.44. The molecule has 1 fully saturated rings. The van der Waals surface area contributed by atoms with E-state index in [0.717, 1.165) is 48.9 Å². The second kappa shape index (κ2) is 8.23. The minimum Gasteiger partial charge on any atom is -0.493 e. The van der Waals surface area contributed by atoms with E-state index in [0.29, 0.717) is 5.92 Å². The first-order chi connectivity index (χ1) is 11.7. The number of likely N-dealkylation sites (tertiary alicyclic amines) is 1. The molecular weight excluding hydrogens is 316 g/mol. The van der Waals surface area contributed by atoms with Crippen LogP contribution in [0.2, 0.25) is 0 Å². The van der Waals surface area contributed by atoms with Crippen molar-refractivity contribution in [1.29, 1.82) is 5.26 Å². The fourth-order valence-electron chi connectivity index (χ4n) is 3.09. The van der Waals surface area contributed by atoms with Crippen LogP contribution < -0.4 is 4.74 Å². The molecule has 0 aromatic heterocycles. The Morgan fingerprint density at radius 3 is 2.83 bits per heavy atom. The number of nitriles is 1. The van der Waals surface area contributed by atoms with E-state index < -0.39 is 0 Å². The van der Waals surface area contributed by atoms with Crippen LogP contribution in [0.1, 0.15) is 17.5 Å². The zero-order chi connectivity index (χ0) is 16.8. The zero-order valence-electron chi connectivity index (χ0n) is 13.7. The molecule has 3 nitrogen and oxygen atoms in total. The SMILES string of the molecule is N#Cc1cccc(CCN2CCC(COc3ccc(S)cc3)C2)c1. The fraction of sp³-hybridized carbons (Fsp3) is 0.350. The zero-order valence-corrected chi connectivity index (χ0v) is 14.6. The summed E-state index contributed by atoms with van der Waals surface area (Å²) in [6, 6.07) is 18.0. The van der Waals surface area contributed by atoms with Crippen molar-refractivity contribution in [2.24, 2.45) is 5.92 Å². The summed E-state index contributed by atoms with van der Waals surface area (Å²) < 4.78 is 5.89. The molecule has 0 bridgehead atoms. The lowest BCUT2D eigenvalue weighted by Crippen LogP contribution is -2.24. The number of nitrogens with zero attached hydrogens (tertiary/aromatic N) is 2. The summed E-state index contributed by atoms with van der Waals surface area (Å²) in [6.07, 6.45) is 2.18. The van der Waals surface area contributed by atoms with Crippen LogP contribution in [-0.2, 0) is 6.42 Å². The number of hydrogen-bond acceptors (Lipinski definition) is 4. The fourth-order valence-corrected chi connectivity index (χ4v) is 3.24. The van der Waals surface area contributed by atoms with Crippen molar-refractivity contribution in [2.75, 3.05) is 26.2 Å². The van der Waals surface area contributed by atoms with Crippen LogP contribution >= 0.6 is 12.6 Å². The molecule has 24 heavy (non-hydrogen) atoms. The van der Waals surface area contributed by atoms with Gasteiger partial charge in [0, 0.05) is 23.9 Å². The van der Waals surface area contributed by atoms with Gasteiger partial charge in [0.2, 0.25) is 0 Å².